The first kappa shape index (κ1) is 17.7. The van der Waals surface area contributed by atoms with E-state index >= 15 is 0 Å². The molecule has 3 rings (SSSR count). The summed E-state index contributed by atoms with van der Waals surface area (Å²) in [6.07, 6.45) is 1.56. The van der Waals surface area contributed by atoms with Crippen LogP contribution in [0.3, 0.4) is 0 Å². The molecular weight excluding hydrogens is 358 g/mol. The van der Waals surface area contributed by atoms with Crippen LogP contribution >= 0.6 is 11.6 Å². The number of amides is 1. The largest absolute Gasteiger partial charge is 0.300 e. The molecule has 0 unspecified atom stereocenters. The average molecular weight is 376 g/mol. The van der Waals surface area contributed by atoms with Crippen LogP contribution in [-0.2, 0) is 9.84 Å². The number of sulfone groups is 1. The fourth-order valence-electron chi connectivity index (χ4n) is 3.02. The van der Waals surface area contributed by atoms with Crippen molar-refractivity contribution in [2.24, 2.45) is 0 Å². The van der Waals surface area contributed by atoms with Crippen LogP contribution in [0.5, 0.6) is 0 Å². The van der Waals surface area contributed by atoms with Gasteiger partial charge in [0, 0.05) is 21.7 Å². The van der Waals surface area contributed by atoms with E-state index in [0.717, 1.165) is 11.1 Å². The number of anilines is 1. The highest BCUT2D eigenvalue weighted by molar-refractivity contribution is 7.94. The highest BCUT2D eigenvalue weighted by Gasteiger charge is 2.32. The summed E-state index contributed by atoms with van der Waals surface area (Å²) in [5.74, 6) is -0.354. The van der Waals surface area contributed by atoms with Crippen molar-refractivity contribution in [3.8, 4) is 0 Å². The molecule has 0 aromatic heterocycles. The number of rotatable bonds is 3. The summed E-state index contributed by atoms with van der Waals surface area (Å²) in [5.41, 5.74) is 3.11. The van der Waals surface area contributed by atoms with Gasteiger partial charge in [0.05, 0.1) is 11.8 Å². The SMILES string of the molecule is Cc1cc(C)cc(C(=O)N(c2ccc(Cl)cc2)[C@@H]2C=CS(=O)(=O)C2)c1. The predicted molar refractivity (Wildman–Crippen MR) is 101 cm³/mol. The number of halogens is 1. The van der Waals surface area contributed by atoms with Gasteiger partial charge >= 0.3 is 0 Å². The van der Waals surface area contributed by atoms with E-state index in [4.69, 9.17) is 11.6 Å². The minimum atomic E-state index is -3.29. The van der Waals surface area contributed by atoms with Crippen molar-refractivity contribution in [3.63, 3.8) is 0 Å². The number of carbonyl (C=O) groups is 1. The fraction of sp³-hybridized carbons (Fsp3) is 0.211. The second kappa shape index (κ2) is 6.65. The monoisotopic (exact) mass is 375 g/mol. The van der Waals surface area contributed by atoms with Crippen molar-refractivity contribution in [1.82, 2.24) is 0 Å². The van der Waals surface area contributed by atoms with Gasteiger partial charge in [-0.1, -0.05) is 28.8 Å². The molecule has 0 saturated heterocycles. The Bertz CT molecular complexity index is 929. The summed E-state index contributed by atoms with van der Waals surface area (Å²) < 4.78 is 23.7. The molecule has 1 aliphatic heterocycles. The number of hydrogen-bond acceptors (Lipinski definition) is 3. The molecule has 0 radical (unpaired) electrons. The van der Waals surface area contributed by atoms with Crippen molar-refractivity contribution in [2.45, 2.75) is 19.9 Å². The number of aryl methyl sites for hydroxylation is 2. The molecule has 0 fully saturated rings. The lowest BCUT2D eigenvalue weighted by Gasteiger charge is -2.28. The van der Waals surface area contributed by atoms with E-state index in [2.05, 4.69) is 0 Å². The maximum Gasteiger partial charge on any atom is 0.258 e. The molecule has 0 aliphatic carbocycles. The third-order valence-corrected chi connectivity index (χ3v) is 5.66. The zero-order chi connectivity index (χ0) is 18.2. The Balaban J connectivity index is 2.06. The Morgan fingerprint density at radius 1 is 1.08 bits per heavy atom. The molecule has 1 heterocycles. The third kappa shape index (κ3) is 3.94. The van der Waals surface area contributed by atoms with Crippen molar-refractivity contribution >= 4 is 33.0 Å². The molecule has 0 saturated carbocycles. The van der Waals surface area contributed by atoms with Crippen LogP contribution in [0.25, 0.3) is 0 Å². The summed E-state index contributed by atoms with van der Waals surface area (Å²) >= 11 is 5.95. The Morgan fingerprint density at radius 2 is 1.68 bits per heavy atom. The molecule has 2 aromatic carbocycles. The van der Waals surface area contributed by atoms with E-state index in [-0.39, 0.29) is 11.7 Å². The Hall–Kier alpha value is -2.11. The highest BCUT2D eigenvalue weighted by atomic mass is 35.5. The molecule has 6 heteroatoms. The van der Waals surface area contributed by atoms with Gasteiger partial charge in [-0.15, -0.1) is 0 Å². The first-order chi connectivity index (χ1) is 11.7. The summed E-state index contributed by atoms with van der Waals surface area (Å²) in [5, 5.41) is 1.73. The van der Waals surface area contributed by atoms with Gasteiger partial charge in [0.25, 0.3) is 5.91 Å². The van der Waals surface area contributed by atoms with Crippen LogP contribution in [-0.4, -0.2) is 26.1 Å². The van der Waals surface area contributed by atoms with Gasteiger partial charge in [-0.2, -0.15) is 0 Å². The molecule has 0 N–H and O–H groups in total. The lowest BCUT2D eigenvalue weighted by Crippen LogP contribution is -2.41. The molecule has 4 nitrogen and oxygen atoms in total. The van der Waals surface area contributed by atoms with E-state index < -0.39 is 15.9 Å². The van der Waals surface area contributed by atoms with Gasteiger partial charge in [0.2, 0.25) is 0 Å². The van der Waals surface area contributed by atoms with Crippen LogP contribution < -0.4 is 4.90 Å². The third-order valence-electron chi connectivity index (χ3n) is 4.04. The standard InChI is InChI=1S/C19H18ClNO3S/c1-13-9-14(2)11-15(10-13)19(22)21(17-5-3-16(20)4-6-17)18-7-8-25(23,24)12-18/h3-11,18H,12H2,1-2H3/t18-/m1/s1. The van der Waals surface area contributed by atoms with Crippen molar-refractivity contribution in [2.75, 3.05) is 10.7 Å². The van der Waals surface area contributed by atoms with E-state index in [1.807, 2.05) is 32.0 Å². The Morgan fingerprint density at radius 3 is 2.20 bits per heavy atom. The van der Waals surface area contributed by atoms with E-state index in [1.165, 1.54) is 10.3 Å². The van der Waals surface area contributed by atoms with E-state index in [0.29, 0.717) is 16.3 Å². The minimum absolute atomic E-state index is 0.119. The molecule has 1 aliphatic rings. The fourth-order valence-corrected chi connectivity index (χ4v) is 4.41. The Kier molecular flexibility index (Phi) is 4.71. The van der Waals surface area contributed by atoms with E-state index in [1.54, 1.807) is 30.3 Å². The molecule has 25 heavy (non-hydrogen) atoms. The molecule has 0 bridgehead atoms. The molecule has 0 spiro atoms. The van der Waals surface area contributed by atoms with Gasteiger partial charge < -0.3 is 4.90 Å². The molecule has 130 valence electrons. The highest BCUT2D eigenvalue weighted by Crippen LogP contribution is 2.27. The molecule has 2 aromatic rings. The molecular formula is C19H18ClNO3S. The smallest absolute Gasteiger partial charge is 0.258 e. The van der Waals surface area contributed by atoms with Gasteiger partial charge in [0.15, 0.2) is 9.84 Å². The molecule has 1 amide bonds. The quantitative estimate of drug-likeness (QED) is 0.817. The summed E-state index contributed by atoms with van der Waals surface area (Å²) in [4.78, 5) is 14.7. The zero-order valence-corrected chi connectivity index (χ0v) is 15.5. The van der Waals surface area contributed by atoms with Crippen LogP contribution in [0.15, 0.2) is 53.9 Å². The predicted octanol–water partition coefficient (Wildman–Crippen LogP) is 3.91. The van der Waals surface area contributed by atoms with Crippen LogP contribution in [0.4, 0.5) is 5.69 Å². The first-order valence-electron chi connectivity index (χ1n) is 7.83. The topological polar surface area (TPSA) is 54.5 Å². The summed E-state index contributed by atoms with van der Waals surface area (Å²) in [6, 6.07) is 11.9. The lowest BCUT2D eigenvalue weighted by atomic mass is 10.1. The number of hydrogen-bond donors (Lipinski definition) is 0. The van der Waals surface area contributed by atoms with Gasteiger partial charge in [-0.05, 0) is 56.3 Å². The normalized spacial score (nSPS) is 18.3. The van der Waals surface area contributed by atoms with Gasteiger partial charge in [-0.3, -0.25) is 4.79 Å². The van der Waals surface area contributed by atoms with E-state index in [9.17, 15) is 13.2 Å². The van der Waals surface area contributed by atoms with Gasteiger partial charge in [-0.25, -0.2) is 8.42 Å². The lowest BCUT2D eigenvalue weighted by molar-refractivity contribution is 0.0983. The van der Waals surface area contributed by atoms with Crippen molar-refractivity contribution in [1.29, 1.82) is 0 Å². The van der Waals surface area contributed by atoms with Gasteiger partial charge in [0.1, 0.15) is 0 Å². The van der Waals surface area contributed by atoms with Crippen molar-refractivity contribution < 1.29 is 13.2 Å². The second-order valence-electron chi connectivity index (χ2n) is 6.25. The first-order valence-corrected chi connectivity index (χ1v) is 9.93. The minimum Gasteiger partial charge on any atom is -0.300 e. The number of carbonyl (C=O) groups excluding carboxylic acids is 1. The van der Waals surface area contributed by atoms with Crippen LogP contribution in [0.2, 0.25) is 5.02 Å². The Labute approximate surface area is 152 Å². The summed E-state index contributed by atoms with van der Waals surface area (Å²) in [6.45, 7) is 3.85. The van der Waals surface area contributed by atoms with Crippen molar-refractivity contribution in [3.05, 3.63) is 75.7 Å². The maximum absolute atomic E-state index is 13.2. The average Bonchev–Trinajstić information content (AvgIpc) is 2.88. The zero-order valence-electron chi connectivity index (χ0n) is 13.9. The maximum atomic E-state index is 13.2. The second-order valence-corrected chi connectivity index (χ2v) is 8.62. The number of nitrogens with zero attached hydrogens (tertiary/aromatic N) is 1. The number of benzene rings is 2. The summed E-state index contributed by atoms with van der Waals surface area (Å²) in [7, 11) is -3.29. The molecule has 1 atom stereocenters. The van der Waals surface area contributed by atoms with Crippen LogP contribution in [0.1, 0.15) is 21.5 Å². The van der Waals surface area contributed by atoms with Crippen LogP contribution in [0, 0.1) is 13.8 Å².